The van der Waals surface area contributed by atoms with Crippen molar-refractivity contribution in [1.82, 2.24) is 9.38 Å². The summed E-state index contributed by atoms with van der Waals surface area (Å²) in [4.78, 5) is 26.9. The molecule has 6 nitrogen and oxygen atoms in total. The van der Waals surface area contributed by atoms with Crippen LogP contribution in [-0.4, -0.2) is 27.9 Å². The fraction of sp³-hybridized carbons (Fsp3) is 0.182. The maximum Gasteiger partial charge on any atom is 0.358 e. The van der Waals surface area contributed by atoms with Gasteiger partial charge in [0.1, 0.15) is 11.3 Å². The largest absolute Gasteiger partial charge is 0.461 e. The number of fused-ring (bicyclic) bond motifs is 1. The molecule has 2 aromatic heterocycles. The zero-order chi connectivity index (χ0) is 13.3. The minimum Gasteiger partial charge on any atom is -0.461 e. The van der Waals surface area contributed by atoms with Crippen LogP contribution in [0.15, 0.2) is 22.8 Å². The number of esters is 1. The molecule has 0 spiro atoms. The van der Waals surface area contributed by atoms with Crippen molar-refractivity contribution in [2.24, 2.45) is 5.73 Å². The van der Waals surface area contributed by atoms with Crippen LogP contribution in [-0.2, 0) is 4.74 Å². The molecule has 0 unspecified atom stereocenters. The van der Waals surface area contributed by atoms with Crippen LogP contribution in [0.1, 0.15) is 27.9 Å². The van der Waals surface area contributed by atoms with E-state index in [0.717, 1.165) is 0 Å². The Balaban J connectivity index is 2.60. The van der Waals surface area contributed by atoms with Gasteiger partial charge in [-0.05, 0) is 19.1 Å². The summed E-state index contributed by atoms with van der Waals surface area (Å²) in [5.74, 6) is -1.14. The summed E-state index contributed by atoms with van der Waals surface area (Å²) in [5, 5.41) is 0. The van der Waals surface area contributed by atoms with Crippen LogP contribution in [0.3, 0.4) is 0 Å². The first-order chi connectivity index (χ1) is 8.52. The van der Waals surface area contributed by atoms with E-state index in [4.69, 9.17) is 10.5 Å². The fourth-order valence-corrected chi connectivity index (χ4v) is 1.97. The summed E-state index contributed by atoms with van der Waals surface area (Å²) < 4.78 is 6.96. The topological polar surface area (TPSA) is 86.7 Å². The number of amides is 1. The minimum atomic E-state index is -0.603. The minimum absolute atomic E-state index is 0.137. The van der Waals surface area contributed by atoms with E-state index < -0.39 is 11.9 Å². The number of rotatable bonds is 3. The van der Waals surface area contributed by atoms with Gasteiger partial charge in [-0.1, -0.05) is 15.9 Å². The van der Waals surface area contributed by atoms with Gasteiger partial charge in [-0.3, -0.25) is 9.20 Å². The number of hydrogen-bond acceptors (Lipinski definition) is 4. The van der Waals surface area contributed by atoms with Crippen LogP contribution in [0.4, 0.5) is 0 Å². The molecule has 0 saturated heterocycles. The SMILES string of the molecule is CCOC(=O)c1cn2c(C(N)=O)cc(Br)cc2n1. The van der Waals surface area contributed by atoms with E-state index in [1.54, 1.807) is 19.1 Å². The summed E-state index contributed by atoms with van der Waals surface area (Å²) in [6.07, 6.45) is 1.43. The molecule has 94 valence electrons. The second-order valence-electron chi connectivity index (χ2n) is 3.50. The number of ether oxygens (including phenoxy) is 1. The Morgan fingerprint density at radius 3 is 2.83 bits per heavy atom. The average Bonchev–Trinajstić information content (AvgIpc) is 2.71. The van der Waals surface area contributed by atoms with Crippen LogP contribution < -0.4 is 5.73 Å². The number of pyridine rings is 1. The van der Waals surface area contributed by atoms with E-state index in [-0.39, 0.29) is 18.0 Å². The van der Waals surface area contributed by atoms with E-state index in [1.807, 2.05) is 0 Å². The van der Waals surface area contributed by atoms with Crippen molar-refractivity contribution in [2.45, 2.75) is 6.92 Å². The summed E-state index contributed by atoms with van der Waals surface area (Å²) in [7, 11) is 0. The molecule has 7 heteroatoms. The Labute approximate surface area is 111 Å². The van der Waals surface area contributed by atoms with Gasteiger partial charge < -0.3 is 10.5 Å². The zero-order valence-electron chi connectivity index (χ0n) is 9.51. The predicted octanol–water partition coefficient (Wildman–Crippen LogP) is 1.37. The summed E-state index contributed by atoms with van der Waals surface area (Å²) in [6.45, 7) is 1.97. The highest BCUT2D eigenvalue weighted by Gasteiger charge is 2.15. The van der Waals surface area contributed by atoms with E-state index in [1.165, 1.54) is 10.6 Å². The number of carbonyl (C=O) groups excluding carboxylic acids is 2. The molecular weight excluding hydrogens is 302 g/mol. The number of nitrogens with zero attached hydrogens (tertiary/aromatic N) is 2. The molecule has 2 N–H and O–H groups in total. The number of imidazole rings is 1. The molecule has 0 bridgehead atoms. The molecule has 0 aliphatic heterocycles. The van der Waals surface area contributed by atoms with Gasteiger partial charge >= 0.3 is 5.97 Å². The Kier molecular flexibility index (Phi) is 3.33. The van der Waals surface area contributed by atoms with Gasteiger partial charge in [0.25, 0.3) is 5.91 Å². The molecule has 18 heavy (non-hydrogen) atoms. The smallest absolute Gasteiger partial charge is 0.358 e. The number of carbonyl (C=O) groups is 2. The lowest BCUT2D eigenvalue weighted by Crippen LogP contribution is -2.15. The van der Waals surface area contributed by atoms with E-state index >= 15 is 0 Å². The van der Waals surface area contributed by atoms with Crippen LogP contribution in [0, 0.1) is 0 Å². The highest BCUT2D eigenvalue weighted by molar-refractivity contribution is 9.10. The Morgan fingerprint density at radius 2 is 2.22 bits per heavy atom. The van der Waals surface area contributed by atoms with E-state index in [9.17, 15) is 9.59 Å². The third-order valence-corrected chi connectivity index (χ3v) is 2.73. The second kappa shape index (κ2) is 4.77. The summed E-state index contributed by atoms with van der Waals surface area (Å²) in [6, 6.07) is 3.24. The van der Waals surface area contributed by atoms with E-state index in [0.29, 0.717) is 10.1 Å². The molecule has 0 aromatic carbocycles. The van der Waals surface area contributed by atoms with Gasteiger partial charge in [0.15, 0.2) is 5.69 Å². The predicted molar refractivity (Wildman–Crippen MR) is 67.4 cm³/mol. The Bertz CT molecular complexity index is 636. The van der Waals surface area contributed by atoms with Crippen molar-refractivity contribution >= 4 is 33.5 Å². The monoisotopic (exact) mass is 311 g/mol. The second-order valence-corrected chi connectivity index (χ2v) is 4.41. The average molecular weight is 312 g/mol. The molecule has 0 aliphatic carbocycles. The number of hydrogen-bond donors (Lipinski definition) is 1. The van der Waals surface area contributed by atoms with Crippen LogP contribution in [0.25, 0.3) is 5.65 Å². The first-order valence-electron chi connectivity index (χ1n) is 5.18. The lowest BCUT2D eigenvalue weighted by atomic mass is 10.3. The molecule has 2 heterocycles. The quantitative estimate of drug-likeness (QED) is 0.867. The zero-order valence-corrected chi connectivity index (χ0v) is 11.1. The third kappa shape index (κ3) is 2.21. The highest BCUT2D eigenvalue weighted by Crippen LogP contribution is 2.17. The van der Waals surface area contributed by atoms with Gasteiger partial charge in [0, 0.05) is 10.7 Å². The number of nitrogens with two attached hydrogens (primary N) is 1. The van der Waals surface area contributed by atoms with Crippen molar-refractivity contribution in [1.29, 1.82) is 0 Å². The van der Waals surface area contributed by atoms with Crippen molar-refractivity contribution in [3.63, 3.8) is 0 Å². The summed E-state index contributed by atoms with van der Waals surface area (Å²) >= 11 is 3.25. The highest BCUT2D eigenvalue weighted by atomic mass is 79.9. The maximum absolute atomic E-state index is 11.6. The van der Waals surface area contributed by atoms with Crippen LogP contribution >= 0.6 is 15.9 Å². The van der Waals surface area contributed by atoms with Gasteiger partial charge in [-0.15, -0.1) is 0 Å². The first kappa shape index (κ1) is 12.6. The van der Waals surface area contributed by atoms with Crippen molar-refractivity contribution in [2.75, 3.05) is 6.61 Å². The first-order valence-corrected chi connectivity index (χ1v) is 5.97. The lowest BCUT2D eigenvalue weighted by molar-refractivity contribution is 0.0520. The van der Waals surface area contributed by atoms with Crippen molar-refractivity contribution < 1.29 is 14.3 Å². The number of primary amides is 1. The van der Waals surface area contributed by atoms with Gasteiger partial charge in [-0.2, -0.15) is 0 Å². The molecule has 2 rings (SSSR count). The Hall–Kier alpha value is -1.89. The van der Waals surface area contributed by atoms with E-state index in [2.05, 4.69) is 20.9 Å². The standard InChI is InChI=1S/C11H10BrN3O3/c1-2-18-11(17)7-5-15-8(10(13)16)3-6(12)4-9(15)14-7/h3-5H,2H2,1H3,(H2,13,16). The maximum atomic E-state index is 11.6. The van der Waals surface area contributed by atoms with Crippen molar-refractivity contribution in [3.8, 4) is 0 Å². The fourth-order valence-electron chi connectivity index (χ4n) is 1.55. The molecule has 2 aromatic rings. The molecule has 0 saturated carbocycles. The Morgan fingerprint density at radius 1 is 1.50 bits per heavy atom. The normalized spacial score (nSPS) is 10.6. The van der Waals surface area contributed by atoms with Gasteiger partial charge in [0.05, 0.1) is 6.61 Å². The number of aromatic nitrogens is 2. The van der Waals surface area contributed by atoms with Gasteiger partial charge in [0.2, 0.25) is 0 Å². The molecular formula is C11H10BrN3O3. The molecule has 1 amide bonds. The summed E-state index contributed by atoms with van der Waals surface area (Å²) in [5.41, 5.74) is 6.09. The molecule has 0 radical (unpaired) electrons. The van der Waals surface area contributed by atoms with Gasteiger partial charge in [-0.25, -0.2) is 9.78 Å². The molecule has 0 atom stereocenters. The van der Waals surface area contributed by atoms with Crippen LogP contribution in [0.5, 0.6) is 0 Å². The third-order valence-electron chi connectivity index (χ3n) is 2.27. The van der Waals surface area contributed by atoms with Crippen molar-refractivity contribution in [3.05, 3.63) is 34.2 Å². The van der Waals surface area contributed by atoms with Crippen LogP contribution in [0.2, 0.25) is 0 Å². The number of halogens is 1. The lowest BCUT2D eigenvalue weighted by Gasteiger charge is -2.01. The molecule has 0 aliphatic rings. The molecule has 0 fully saturated rings.